The number of hydrogen-bond acceptors (Lipinski definition) is 8. The first-order valence-corrected chi connectivity index (χ1v) is 9.34. The highest BCUT2D eigenvalue weighted by molar-refractivity contribution is 5.85. The van der Waals surface area contributed by atoms with Crippen LogP contribution in [0.1, 0.15) is 11.1 Å². The van der Waals surface area contributed by atoms with E-state index in [9.17, 15) is 26.3 Å². The van der Waals surface area contributed by atoms with Gasteiger partial charge in [-0.05, 0) is 36.2 Å². The van der Waals surface area contributed by atoms with Gasteiger partial charge in [-0.1, -0.05) is 17.3 Å². The summed E-state index contributed by atoms with van der Waals surface area (Å²) >= 11 is 0. The molecule has 0 amide bonds. The third-order valence-electron chi connectivity index (χ3n) is 4.42. The van der Waals surface area contributed by atoms with Crippen molar-refractivity contribution >= 4 is 22.8 Å². The zero-order valence-corrected chi connectivity index (χ0v) is 17.3. The minimum atomic E-state index is -5.63. The largest absolute Gasteiger partial charge is 0.463 e. The van der Waals surface area contributed by atoms with Gasteiger partial charge in [0.05, 0.1) is 12.8 Å². The molecule has 15 heteroatoms. The number of hydrogen-bond donors (Lipinski definition) is 3. The lowest BCUT2D eigenvalue weighted by atomic mass is 10.1. The van der Waals surface area contributed by atoms with Crippen molar-refractivity contribution in [3.63, 3.8) is 0 Å². The lowest BCUT2D eigenvalue weighted by Crippen LogP contribution is -2.41. The highest BCUT2D eigenvalue weighted by Gasteiger charge is 2.55. The number of aliphatic hydroxyl groups excluding tert-OH is 1. The van der Waals surface area contributed by atoms with Gasteiger partial charge in [-0.3, -0.25) is 0 Å². The molecule has 0 bridgehead atoms. The van der Waals surface area contributed by atoms with Gasteiger partial charge >= 0.3 is 12.4 Å². The van der Waals surface area contributed by atoms with Gasteiger partial charge in [0.15, 0.2) is 16.9 Å². The fourth-order valence-corrected chi connectivity index (χ4v) is 2.76. The highest BCUT2D eigenvalue weighted by Crippen LogP contribution is 2.32. The minimum Gasteiger partial charge on any atom is -0.463 e. The van der Waals surface area contributed by atoms with Crippen LogP contribution in [0.2, 0.25) is 0 Å². The van der Waals surface area contributed by atoms with Gasteiger partial charge in [0.25, 0.3) is 0 Å². The topological polar surface area (TPSA) is 142 Å². The smallest absolute Gasteiger partial charge is 0.423 e. The Kier molecular flexibility index (Phi) is 6.67. The second kappa shape index (κ2) is 9.17. The summed E-state index contributed by atoms with van der Waals surface area (Å²) in [6.45, 7) is 2.47. The molecule has 0 aliphatic carbocycles. The number of nitrogens with zero attached hydrogens (tertiary/aromatic N) is 5. The molecule has 0 aliphatic rings. The van der Waals surface area contributed by atoms with Crippen molar-refractivity contribution in [2.45, 2.75) is 31.9 Å². The van der Waals surface area contributed by atoms with Crippen LogP contribution in [0.25, 0.3) is 22.6 Å². The van der Waals surface area contributed by atoms with Gasteiger partial charge in [0, 0.05) is 5.69 Å². The van der Waals surface area contributed by atoms with Crippen molar-refractivity contribution in [2.75, 3.05) is 11.5 Å². The number of aryl methyl sites for hydroxylation is 1. The molecule has 0 saturated carbocycles. The fourth-order valence-electron chi connectivity index (χ4n) is 2.76. The Hall–Kier alpha value is -3.88. The van der Waals surface area contributed by atoms with E-state index >= 15 is 0 Å². The molecular formula is C19H17F6N7O2. The first-order valence-electron chi connectivity index (χ1n) is 9.34. The molecule has 0 spiro atoms. The number of benzene rings is 1. The second-order valence-corrected chi connectivity index (χ2v) is 7.00. The maximum atomic E-state index is 11.0. The average Bonchev–Trinajstić information content (AvgIpc) is 3.40. The van der Waals surface area contributed by atoms with E-state index in [1.165, 1.54) is 0 Å². The quantitative estimate of drug-likeness (QED) is 0.293. The van der Waals surface area contributed by atoms with E-state index in [1.807, 2.05) is 25.1 Å². The molecule has 4 rings (SSSR count). The molecule has 34 heavy (non-hydrogen) atoms. The number of fused-ring (bicyclic) bond motifs is 1. The number of nitrogen functional groups attached to an aromatic ring is 2. The van der Waals surface area contributed by atoms with Gasteiger partial charge in [-0.25, -0.2) is 9.67 Å². The molecule has 0 aliphatic heterocycles. The molecule has 4 aromatic rings. The minimum absolute atomic E-state index is 0.144. The molecule has 182 valence electrons. The van der Waals surface area contributed by atoms with E-state index in [-0.39, 0.29) is 5.95 Å². The van der Waals surface area contributed by atoms with E-state index < -0.39 is 18.5 Å². The van der Waals surface area contributed by atoms with Crippen LogP contribution in [0.4, 0.5) is 38.0 Å². The summed E-state index contributed by atoms with van der Waals surface area (Å²) in [7, 11) is 0. The van der Waals surface area contributed by atoms with Crippen LogP contribution in [-0.2, 0) is 6.54 Å². The Morgan fingerprint density at radius 3 is 2.26 bits per heavy atom. The average molecular weight is 489 g/mol. The molecule has 3 heterocycles. The number of aromatic nitrogens is 5. The van der Waals surface area contributed by atoms with Gasteiger partial charge in [0.1, 0.15) is 5.69 Å². The Morgan fingerprint density at radius 1 is 1.06 bits per heavy atom. The van der Waals surface area contributed by atoms with Crippen molar-refractivity contribution in [1.29, 1.82) is 0 Å². The normalized spacial score (nSPS) is 12.1. The van der Waals surface area contributed by atoms with Gasteiger partial charge < -0.3 is 21.0 Å². The Labute approximate surface area is 187 Å². The number of halogens is 6. The SMILES string of the molecule is Cc1cc(Cn2nnc3c(-c4ccco4)nc(N)nc32)ccc1N.OC(C(F)(F)F)C(F)(F)F. The van der Waals surface area contributed by atoms with Crippen molar-refractivity contribution < 1.29 is 35.9 Å². The second-order valence-electron chi connectivity index (χ2n) is 7.00. The van der Waals surface area contributed by atoms with Crippen LogP contribution in [-0.4, -0.2) is 48.5 Å². The van der Waals surface area contributed by atoms with Gasteiger partial charge in [-0.15, -0.1) is 5.10 Å². The molecular weight excluding hydrogens is 472 g/mol. The molecule has 3 aromatic heterocycles. The van der Waals surface area contributed by atoms with Crippen LogP contribution in [0.5, 0.6) is 0 Å². The van der Waals surface area contributed by atoms with Crippen LogP contribution < -0.4 is 11.5 Å². The summed E-state index contributed by atoms with van der Waals surface area (Å²) in [4.78, 5) is 8.51. The summed E-state index contributed by atoms with van der Waals surface area (Å²) in [6.07, 6.45) is -13.9. The van der Waals surface area contributed by atoms with E-state index in [2.05, 4.69) is 20.3 Å². The number of rotatable bonds is 3. The van der Waals surface area contributed by atoms with Crippen molar-refractivity contribution in [1.82, 2.24) is 25.0 Å². The molecule has 0 atom stereocenters. The van der Waals surface area contributed by atoms with Crippen LogP contribution >= 0.6 is 0 Å². The highest BCUT2D eigenvalue weighted by atomic mass is 19.4. The first-order chi connectivity index (χ1) is 15.8. The lowest BCUT2D eigenvalue weighted by molar-refractivity contribution is -0.308. The lowest BCUT2D eigenvalue weighted by Gasteiger charge is -2.16. The van der Waals surface area contributed by atoms with Crippen LogP contribution in [0.3, 0.4) is 0 Å². The number of anilines is 2. The Bertz CT molecular complexity index is 1250. The zero-order chi connectivity index (χ0) is 25.3. The maximum Gasteiger partial charge on any atom is 0.423 e. The van der Waals surface area contributed by atoms with Gasteiger partial charge in [0.2, 0.25) is 12.1 Å². The molecule has 1 aromatic carbocycles. The molecule has 0 saturated heterocycles. The summed E-state index contributed by atoms with van der Waals surface area (Å²) in [5, 5.41) is 15.9. The monoisotopic (exact) mass is 489 g/mol. The predicted molar refractivity (Wildman–Crippen MR) is 108 cm³/mol. The van der Waals surface area contributed by atoms with E-state index in [1.54, 1.807) is 23.1 Å². The summed E-state index contributed by atoms with van der Waals surface area (Å²) in [5.41, 5.74) is 16.2. The Balaban J connectivity index is 0.000000277. The fraction of sp³-hybridized carbons (Fsp3) is 0.263. The predicted octanol–water partition coefficient (Wildman–Crippen LogP) is 3.47. The van der Waals surface area contributed by atoms with Crippen molar-refractivity contribution in [3.8, 4) is 11.5 Å². The van der Waals surface area contributed by atoms with E-state index in [0.717, 1.165) is 16.8 Å². The first kappa shape index (κ1) is 24.8. The van der Waals surface area contributed by atoms with Crippen molar-refractivity contribution in [2.24, 2.45) is 0 Å². The zero-order valence-electron chi connectivity index (χ0n) is 17.3. The number of aliphatic hydroxyl groups is 1. The summed E-state index contributed by atoms with van der Waals surface area (Å²) in [5.74, 6) is 0.718. The third-order valence-corrected chi connectivity index (χ3v) is 4.42. The summed E-state index contributed by atoms with van der Waals surface area (Å²) in [6, 6.07) is 9.42. The van der Waals surface area contributed by atoms with E-state index in [0.29, 0.717) is 29.2 Å². The molecule has 0 radical (unpaired) electrons. The molecule has 5 N–H and O–H groups in total. The number of furan rings is 1. The maximum absolute atomic E-state index is 11.0. The van der Waals surface area contributed by atoms with E-state index in [4.69, 9.17) is 21.0 Å². The Morgan fingerprint density at radius 2 is 1.74 bits per heavy atom. The number of nitrogens with two attached hydrogens (primary N) is 2. The van der Waals surface area contributed by atoms with Crippen LogP contribution in [0.15, 0.2) is 41.0 Å². The third kappa shape index (κ3) is 5.54. The molecule has 0 fully saturated rings. The summed E-state index contributed by atoms with van der Waals surface area (Å²) < 4.78 is 72.9. The molecule has 9 nitrogen and oxygen atoms in total. The van der Waals surface area contributed by atoms with Crippen molar-refractivity contribution in [3.05, 3.63) is 47.7 Å². The van der Waals surface area contributed by atoms with Crippen LogP contribution in [0, 0.1) is 6.92 Å². The molecule has 0 unspecified atom stereocenters. The number of alkyl halides is 6. The standard InChI is InChI=1S/C16H15N7O.C3H2F6O/c1-9-7-10(4-5-11(9)17)8-23-15-14(21-22-23)13(19-16(18)20-15)12-3-2-6-24-12;4-2(5,6)1(10)3(7,8)9/h2-7H,8,17H2,1H3,(H2,18,19,20);1,10H. The van der Waals surface area contributed by atoms with Gasteiger partial charge in [-0.2, -0.15) is 31.3 Å².